The Morgan fingerprint density at radius 3 is 3.11 bits per heavy atom. The van der Waals surface area contributed by atoms with Crippen molar-refractivity contribution in [2.45, 2.75) is 50.0 Å². The van der Waals surface area contributed by atoms with Crippen LogP contribution >= 0.6 is 11.8 Å². The van der Waals surface area contributed by atoms with Crippen molar-refractivity contribution >= 4 is 16.8 Å². The van der Waals surface area contributed by atoms with E-state index < -0.39 is 0 Å². The maximum absolute atomic E-state index is 9.70. The normalized spacial score (nSPS) is 31.0. The van der Waals surface area contributed by atoms with E-state index in [-0.39, 0.29) is 6.10 Å². The van der Waals surface area contributed by atoms with Crippen LogP contribution in [-0.2, 0) is 6.42 Å². The van der Waals surface area contributed by atoms with Crippen molar-refractivity contribution in [2.24, 2.45) is 4.99 Å². The van der Waals surface area contributed by atoms with E-state index in [1.165, 1.54) is 16.2 Å². The van der Waals surface area contributed by atoms with Crippen LogP contribution in [0.4, 0.5) is 0 Å². The van der Waals surface area contributed by atoms with Crippen molar-refractivity contribution in [1.29, 1.82) is 0 Å². The van der Waals surface area contributed by atoms with Gasteiger partial charge in [-0.2, -0.15) is 0 Å². The van der Waals surface area contributed by atoms with Gasteiger partial charge in [0.15, 0.2) is 0 Å². The lowest BCUT2D eigenvalue weighted by atomic mass is 9.93. The van der Waals surface area contributed by atoms with Gasteiger partial charge < -0.3 is 5.11 Å². The lowest BCUT2D eigenvalue weighted by Gasteiger charge is -2.26. The first-order valence-corrected chi connectivity index (χ1v) is 7.55. The van der Waals surface area contributed by atoms with Crippen LogP contribution in [0, 0.1) is 6.92 Å². The van der Waals surface area contributed by atoms with Crippen LogP contribution < -0.4 is 0 Å². The smallest absolute Gasteiger partial charge is 0.0727 e. The van der Waals surface area contributed by atoms with Crippen LogP contribution in [0.15, 0.2) is 29.3 Å². The van der Waals surface area contributed by atoms with Crippen LogP contribution in [0.1, 0.15) is 30.4 Å². The highest BCUT2D eigenvalue weighted by atomic mass is 32.2. The monoisotopic (exact) mass is 261 g/mol. The Balaban J connectivity index is 1.68. The summed E-state index contributed by atoms with van der Waals surface area (Å²) in [6, 6.07) is 9.11. The zero-order valence-corrected chi connectivity index (χ0v) is 11.5. The van der Waals surface area contributed by atoms with Crippen LogP contribution in [0.3, 0.4) is 0 Å². The maximum atomic E-state index is 9.70. The van der Waals surface area contributed by atoms with Gasteiger partial charge in [0.1, 0.15) is 0 Å². The van der Waals surface area contributed by atoms with Crippen molar-refractivity contribution in [1.82, 2.24) is 0 Å². The van der Waals surface area contributed by atoms with Gasteiger partial charge in [0.25, 0.3) is 0 Å². The molecule has 1 aliphatic heterocycles. The molecule has 0 saturated heterocycles. The lowest BCUT2D eigenvalue weighted by Crippen LogP contribution is -2.30. The van der Waals surface area contributed by atoms with Crippen molar-refractivity contribution < 1.29 is 5.11 Å². The van der Waals surface area contributed by atoms with E-state index in [9.17, 15) is 5.11 Å². The lowest BCUT2D eigenvalue weighted by molar-refractivity contribution is 0.127. The molecule has 0 bridgehead atoms. The Morgan fingerprint density at radius 1 is 1.39 bits per heavy atom. The van der Waals surface area contributed by atoms with Gasteiger partial charge in [-0.1, -0.05) is 29.8 Å². The van der Waals surface area contributed by atoms with Gasteiger partial charge in [0, 0.05) is 11.7 Å². The molecule has 1 fully saturated rings. The molecular weight excluding hydrogens is 242 g/mol. The summed E-state index contributed by atoms with van der Waals surface area (Å²) >= 11 is 1.89. The number of aliphatic hydroxyl groups excluding tert-OH is 1. The first-order chi connectivity index (χ1) is 8.70. The number of rotatable bonds is 2. The third-order valence-electron chi connectivity index (χ3n) is 3.76. The minimum atomic E-state index is -0.104. The summed E-state index contributed by atoms with van der Waals surface area (Å²) in [5, 5.41) is 11.5. The number of aryl methyl sites for hydroxylation is 1. The Labute approximate surface area is 113 Å². The van der Waals surface area contributed by atoms with Crippen molar-refractivity contribution in [3.8, 4) is 0 Å². The number of aliphatic imine (C=N–C) groups is 1. The third-order valence-corrected chi connectivity index (χ3v) is 5.10. The van der Waals surface area contributed by atoms with Crippen LogP contribution in [0.5, 0.6) is 0 Å². The van der Waals surface area contributed by atoms with Gasteiger partial charge in [0.05, 0.1) is 17.2 Å². The number of aliphatic hydroxyl groups is 1. The fourth-order valence-electron chi connectivity index (χ4n) is 2.84. The standard InChI is InChI=1S/C15H19NOS/c1-10-3-2-4-11(7-10)8-15-16-13-6-5-12(17)9-14(13)18-15/h2-4,7,12-14,17H,5-6,8-9H2,1H3. The van der Waals surface area contributed by atoms with E-state index in [1.807, 2.05) is 11.8 Å². The van der Waals surface area contributed by atoms with Crippen LogP contribution in [0.25, 0.3) is 0 Å². The van der Waals surface area contributed by atoms with Crippen molar-refractivity contribution in [3.63, 3.8) is 0 Å². The molecule has 0 amide bonds. The Morgan fingerprint density at radius 2 is 2.28 bits per heavy atom. The number of thioether (sulfide) groups is 1. The molecule has 1 aliphatic carbocycles. The molecule has 0 radical (unpaired) electrons. The van der Waals surface area contributed by atoms with Gasteiger partial charge in [-0.25, -0.2) is 0 Å². The number of benzene rings is 1. The second kappa shape index (κ2) is 5.06. The van der Waals surface area contributed by atoms with E-state index >= 15 is 0 Å². The van der Waals surface area contributed by atoms with Gasteiger partial charge in [-0.05, 0) is 31.7 Å². The largest absolute Gasteiger partial charge is 0.393 e. The summed E-state index contributed by atoms with van der Waals surface area (Å²) in [5.41, 5.74) is 2.66. The molecule has 2 nitrogen and oxygen atoms in total. The highest BCUT2D eigenvalue weighted by Gasteiger charge is 2.35. The van der Waals surface area contributed by atoms with E-state index in [1.54, 1.807) is 0 Å². The molecular formula is C15H19NOS. The van der Waals surface area contributed by atoms with E-state index in [0.29, 0.717) is 11.3 Å². The molecule has 0 spiro atoms. The topological polar surface area (TPSA) is 32.6 Å². The molecule has 3 unspecified atom stereocenters. The Hall–Kier alpha value is -0.800. The summed E-state index contributed by atoms with van der Waals surface area (Å²) < 4.78 is 0. The molecule has 1 aromatic carbocycles. The highest BCUT2D eigenvalue weighted by Crippen LogP contribution is 2.38. The average molecular weight is 261 g/mol. The summed E-state index contributed by atoms with van der Waals surface area (Å²) in [5.74, 6) is 0. The van der Waals surface area contributed by atoms with Crippen LogP contribution in [0.2, 0.25) is 0 Å². The van der Waals surface area contributed by atoms with Gasteiger partial charge in [-0.15, -0.1) is 11.8 Å². The Bertz CT molecular complexity index is 471. The molecule has 1 N–H and O–H groups in total. The molecule has 3 heteroatoms. The zero-order valence-electron chi connectivity index (χ0n) is 10.7. The summed E-state index contributed by atoms with van der Waals surface area (Å²) in [6.07, 6.45) is 3.73. The van der Waals surface area contributed by atoms with Crippen molar-refractivity contribution in [2.75, 3.05) is 0 Å². The average Bonchev–Trinajstić information content (AvgIpc) is 2.70. The molecule has 96 valence electrons. The molecule has 18 heavy (non-hydrogen) atoms. The first-order valence-electron chi connectivity index (χ1n) is 6.67. The maximum Gasteiger partial charge on any atom is 0.0727 e. The molecule has 3 rings (SSSR count). The minimum Gasteiger partial charge on any atom is -0.393 e. The van der Waals surface area contributed by atoms with Crippen molar-refractivity contribution in [3.05, 3.63) is 35.4 Å². The van der Waals surface area contributed by atoms with Gasteiger partial charge in [0.2, 0.25) is 0 Å². The second-order valence-corrected chi connectivity index (χ2v) is 6.69. The summed E-state index contributed by atoms with van der Waals surface area (Å²) in [6.45, 7) is 2.13. The SMILES string of the molecule is Cc1cccc(CC2=NC3CCC(O)CC3S2)c1. The predicted molar refractivity (Wildman–Crippen MR) is 77.3 cm³/mol. The predicted octanol–water partition coefficient (Wildman–Crippen LogP) is 2.96. The number of fused-ring (bicyclic) bond motifs is 1. The highest BCUT2D eigenvalue weighted by molar-refractivity contribution is 8.14. The minimum absolute atomic E-state index is 0.104. The molecule has 0 aromatic heterocycles. The summed E-state index contributed by atoms with van der Waals surface area (Å²) in [7, 11) is 0. The zero-order chi connectivity index (χ0) is 12.5. The van der Waals surface area contributed by atoms with Gasteiger partial charge in [-0.3, -0.25) is 4.99 Å². The van der Waals surface area contributed by atoms with E-state index in [0.717, 1.165) is 25.7 Å². The molecule has 1 saturated carbocycles. The number of hydrogen-bond donors (Lipinski definition) is 1. The van der Waals surface area contributed by atoms with Gasteiger partial charge >= 0.3 is 0 Å². The molecule has 1 aromatic rings. The fraction of sp³-hybridized carbons (Fsp3) is 0.533. The van der Waals surface area contributed by atoms with E-state index in [4.69, 9.17) is 4.99 Å². The molecule has 1 heterocycles. The number of hydrogen-bond acceptors (Lipinski definition) is 3. The van der Waals surface area contributed by atoms with Crippen LogP contribution in [-0.4, -0.2) is 27.5 Å². The Kier molecular flexibility index (Phi) is 3.44. The first kappa shape index (κ1) is 12.2. The third kappa shape index (κ3) is 2.62. The quantitative estimate of drug-likeness (QED) is 0.887. The number of nitrogens with zero attached hydrogens (tertiary/aromatic N) is 1. The summed E-state index contributed by atoms with van der Waals surface area (Å²) in [4.78, 5) is 4.84. The second-order valence-electron chi connectivity index (χ2n) is 5.38. The molecule has 2 aliphatic rings. The molecule has 3 atom stereocenters. The fourth-order valence-corrected chi connectivity index (χ4v) is 4.31. The van der Waals surface area contributed by atoms with E-state index in [2.05, 4.69) is 31.2 Å².